The minimum absolute atomic E-state index is 0.835. The van der Waals surface area contributed by atoms with Crippen molar-refractivity contribution in [3.8, 4) is 12.0 Å². The molecule has 0 atom stereocenters. The van der Waals surface area contributed by atoms with Gasteiger partial charge >= 0.3 is 0 Å². The van der Waals surface area contributed by atoms with Crippen molar-refractivity contribution in [2.24, 2.45) is 7.05 Å². The van der Waals surface area contributed by atoms with E-state index >= 15 is 0 Å². The highest BCUT2D eigenvalue weighted by molar-refractivity contribution is 5.69. The van der Waals surface area contributed by atoms with Gasteiger partial charge in [0.2, 0.25) is 0 Å². The fourth-order valence-electron chi connectivity index (χ4n) is 2.16. The molecule has 0 aliphatic rings. The molecule has 0 spiro atoms. The molecule has 0 radical (unpaired) electrons. The van der Waals surface area contributed by atoms with Crippen LogP contribution in [0.5, 0.6) is 0 Å². The molecule has 3 nitrogen and oxygen atoms in total. The van der Waals surface area contributed by atoms with E-state index in [1.807, 2.05) is 30.1 Å². The van der Waals surface area contributed by atoms with E-state index in [1.54, 1.807) is 0 Å². The molecular formula is C18H22N3+. The Kier molecular flexibility index (Phi) is 4.84. The summed E-state index contributed by atoms with van der Waals surface area (Å²) in [6.07, 6.45) is 0.835. The summed E-state index contributed by atoms with van der Waals surface area (Å²) in [6.45, 7) is 4.16. The Balaban J connectivity index is 2.54. The summed E-state index contributed by atoms with van der Waals surface area (Å²) < 4.78 is 2.12. The van der Waals surface area contributed by atoms with E-state index in [2.05, 4.69) is 67.0 Å². The van der Waals surface area contributed by atoms with Crippen molar-refractivity contribution < 1.29 is 4.57 Å². The highest BCUT2D eigenvalue weighted by Crippen LogP contribution is 2.26. The summed E-state index contributed by atoms with van der Waals surface area (Å²) in [5, 5.41) is 3.23. The highest BCUT2D eigenvalue weighted by atomic mass is 15.1. The Bertz CT molecular complexity index is 666. The lowest BCUT2D eigenvalue weighted by Gasteiger charge is -2.19. The van der Waals surface area contributed by atoms with Gasteiger partial charge < -0.3 is 0 Å². The molecule has 2 rings (SSSR count). The maximum absolute atomic E-state index is 3.25. The Hall–Kier alpha value is -2.47. The van der Waals surface area contributed by atoms with Crippen LogP contribution in [-0.4, -0.2) is 7.05 Å². The van der Waals surface area contributed by atoms with Gasteiger partial charge in [-0.1, -0.05) is 31.0 Å². The minimum atomic E-state index is 0.835. The summed E-state index contributed by atoms with van der Waals surface area (Å²) in [5.41, 5.74) is 3.33. The standard InChI is InChI=1S/C18H21N3/c1-5-6-12-21(16-10-8-7-9-11-16)17-13-15(2)20(4)18(14-17)19-3/h7-11,13-14H,5H2,1-4H3/p+1. The van der Waals surface area contributed by atoms with Gasteiger partial charge in [0.05, 0.1) is 31.5 Å². The van der Waals surface area contributed by atoms with E-state index in [4.69, 9.17) is 0 Å². The first kappa shape index (κ1) is 14.9. The number of hydrogen-bond acceptors (Lipinski definition) is 2. The molecule has 0 fully saturated rings. The van der Waals surface area contributed by atoms with Crippen LogP contribution in [0.2, 0.25) is 0 Å². The van der Waals surface area contributed by atoms with Crippen LogP contribution in [0.4, 0.5) is 17.2 Å². The maximum Gasteiger partial charge on any atom is 0.276 e. The van der Waals surface area contributed by atoms with Crippen LogP contribution in [-0.2, 0) is 7.05 Å². The zero-order valence-electron chi connectivity index (χ0n) is 13.1. The number of anilines is 3. The van der Waals surface area contributed by atoms with Crippen molar-refractivity contribution in [3.05, 3.63) is 48.2 Å². The number of nitrogens with zero attached hydrogens (tertiary/aromatic N) is 2. The van der Waals surface area contributed by atoms with E-state index in [9.17, 15) is 0 Å². The van der Waals surface area contributed by atoms with Gasteiger partial charge in [-0.05, 0) is 19.1 Å². The average Bonchev–Trinajstić information content (AvgIpc) is 2.52. The number of rotatable bonds is 3. The second-order valence-corrected chi connectivity index (χ2v) is 4.86. The molecule has 0 bridgehead atoms. The van der Waals surface area contributed by atoms with Gasteiger partial charge in [0.15, 0.2) is 0 Å². The maximum atomic E-state index is 3.25. The molecule has 1 N–H and O–H groups in total. The molecule has 0 aliphatic heterocycles. The minimum Gasteiger partial charge on any atom is -0.277 e. The Labute approximate surface area is 127 Å². The normalized spacial score (nSPS) is 9.71. The summed E-state index contributed by atoms with van der Waals surface area (Å²) in [6, 6.07) is 17.7. The van der Waals surface area contributed by atoms with Gasteiger partial charge in [-0.2, -0.15) is 0 Å². The van der Waals surface area contributed by atoms with Crippen molar-refractivity contribution in [2.45, 2.75) is 20.3 Å². The predicted molar refractivity (Wildman–Crippen MR) is 88.5 cm³/mol. The van der Waals surface area contributed by atoms with Gasteiger partial charge in [0, 0.05) is 18.5 Å². The number of para-hydroxylation sites is 1. The SMILES string of the molecule is CCC#CN(c1ccccc1)c1cc(C)[n+](C)c(NC)c1. The number of aryl methyl sites for hydroxylation is 1. The zero-order valence-corrected chi connectivity index (χ0v) is 13.1. The summed E-state index contributed by atoms with van der Waals surface area (Å²) in [4.78, 5) is 2.04. The van der Waals surface area contributed by atoms with Gasteiger partial charge in [0.1, 0.15) is 5.69 Å². The quantitative estimate of drug-likeness (QED) is 0.528. The number of pyridine rings is 1. The number of aromatic nitrogens is 1. The average molecular weight is 280 g/mol. The van der Waals surface area contributed by atoms with Crippen molar-refractivity contribution in [2.75, 3.05) is 17.3 Å². The third-order valence-electron chi connectivity index (χ3n) is 3.43. The van der Waals surface area contributed by atoms with Gasteiger partial charge in [-0.25, -0.2) is 4.57 Å². The molecule has 1 aromatic heterocycles. The van der Waals surface area contributed by atoms with Crippen LogP contribution < -0.4 is 14.8 Å². The van der Waals surface area contributed by atoms with Crippen LogP contribution in [0.15, 0.2) is 42.5 Å². The topological polar surface area (TPSA) is 19.1 Å². The monoisotopic (exact) mass is 280 g/mol. The van der Waals surface area contributed by atoms with Crippen LogP contribution in [0.3, 0.4) is 0 Å². The van der Waals surface area contributed by atoms with Crippen LogP contribution in [0.25, 0.3) is 0 Å². The molecule has 0 saturated carbocycles. The second-order valence-electron chi connectivity index (χ2n) is 4.86. The van der Waals surface area contributed by atoms with E-state index in [-0.39, 0.29) is 0 Å². The van der Waals surface area contributed by atoms with E-state index < -0.39 is 0 Å². The summed E-state index contributed by atoms with van der Waals surface area (Å²) in [7, 11) is 3.98. The Morgan fingerprint density at radius 3 is 2.48 bits per heavy atom. The third kappa shape index (κ3) is 3.35. The molecular weight excluding hydrogens is 258 g/mol. The van der Waals surface area contributed by atoms with Crippen molar-refractivity contribution in [3.63, 3.8) is 0 Å². The molecule has 21 heavy (non-hydrogen) atoms. The molecule has 2 aromatic rings. The zero-order chi connectivity index (χ0) is 15.2. The van der Waals surface area contributed by atoms with Crippen molar-refractivity contribution >= 4 is 17.2 Å². The van der Waals surface area contributed by atoms with Crippen LogP contribution >= 0.6 is 0 Å². The van der Waals surface area contributed by atoms with Crippen molar-refractivity contribution in [1.82, 2.24) is 0 Å². The third-order valence-corrected chi connectivity index (χ3v) is 3.43. The summed E-state index contributed by atoms with van der Waals surface area (Å²) in [5.74, 6) is 4.23. The molecule has 108 valence electrons. The van der Waals surface area contributed by atoms with E-state index in [0.29, 0.717) is 0 Å². The Morgan fingerprint density at radius 1 is 1.14 bits per heavy atom. The molecule has 0 amide bonds. The lowest BCUT2D eigenvalue weighted by Crippen LogP contribution is -2.35. The lowest BCUT2D eigenvalue weighted by molar-refractivity contribution is -0.663. The lowest BCUT2D eigenvalue weighted by atomic mass is 10.2. The van der Waals surface area contributed by atoms with E-state index in [0.717, 1.165) is 23.6 Å². The molecule has 1 heterocycles. The molecule has 3 heteroatoms. The molecule has 0 saturated heterocycles. The largest absolute Gasteiger partial charge is 0.277 e. The molecule has 0 aliphatic carbocycles. The smallest absolute Gasteiger partial charge is 0.276 e. The number of nitrogens with one attached hydrogen (secondary N) is 1. The summed E-state index contributed by atoms with van der Waals surface area (Å²) >= 11 is 0. The van der Waals surface area contributed by atoms with Crippen LogP contribution in [0.1, 0.15) is 19.0 Å². The van der Waals surface area contributed by atoms with Gasteiger partial charge in [0.25, 0.3) is 5.82 Å². The Morgan fingerprint density at radius 2 is 1.86 bits per heavy atom. The fourth-order valence-corrected chi connectivity index (χ4v) is 2.16. The first-order valence-electron chi connectivity index (χ1n) is 7.19. The molecule has 1 aromatic carbocycles. The highest BCUT2D eigenvalue weighted by Gasteiger charge is 2.14. The van der Waals surface area contributed by atoms with Gasteiger partial charge in [-0.15, -0.1) is 0 Å². The first-order chi connectivity index (χ1) is 10.2. The first-order valence-corrected chi connectivity index (χ1v) is 7.19. The van der Waals surface area contributed by atoms with Crippen molar-refractivity contribution in [1.29, 1.82) is 0 Å². The fraction of sp³-hybridized carbons (Fsp3) is 0.278. The molecule has 0 unspecified atom stereocenters. The second kappa shape index (κ2) is 6.81. The number of hydrogen-bond donors (Lipinski definition) is 1. The van der Waals surface area contributed by atoms with Gasteiger partial charge in [-0.3, -0.25) is 10.2 Å². The predicted octanol–water partition coefficient (Wildman–Crippen LogP) is 3.37. The number of benzene rings is 1. The van der Waals surface area contributed by atoms with E-state index in [1.165, 1.54) is 5.69 Å². The van der Waals surface area contributed by atoms with Crippen LogP contribution in [0, 0.1) is 18.9 Å².